The molecule has 2 unspecified atom stereocenters. The normalized spacial score (nSPS) is 19.2. The van der Waals surface area contributed by atoms with Crippen molar-refractivity contribution in [3.05, 3.63) is 47.0 Å². The summed E-state index contributed by atoms with van der Waals surface area (Å²) >= 11 is -1.36. The quantitative estimate of drug-likeness (QED) is 0.596. The standard InChI is InChI=1S/C17H19N3O3S.Na.H/c1-10-8-18-15(11(2)16(10)23-4)9-24(21)17-19-13-6-5-12(22-3)7-14(13)20-17;;/h5-8,14H,9H2,1-4H3;;. The molecule has 0 fully saturated rings. The SMILES string of the molecule is COC1=CC2N=C([S+]([O-])Cc3ncc(C)c(OC)c3C)N=C2C=C1.[NaH]. The van der Waals surface area contributed by atoms with E-state index in [2.05, 4.69) is 15.0 Å². The van der Waals surface area contributed by atoms with Crippen molar-refractivity contribution in [2.75, 3.05) is 14.2 Å². The number of rotatable bonds is 4. The van der Waals surface area contributed by atoms with E-state index in [1.807, 2.05) is 32.1 Å². The van der Waals surface area contributed by atoms with E-state index in [9.17, 15) is 4.55 Å². The molecule has 0 bridgehead atoms. The van der Waals surface area contributed by atoms with Crippen LogP contribution in [0.15, 0.2) is 40.2 Å². The van der Waals surface area contributed by atoms with Crippen LogP contribution in [0.3, 0.4) is 0 Å². The Morgan fingerprint density at radius 3 is 2.64 bits per heavy atom. The first-order chi connectivity index (χ1) is 11.5. The average molecular weight is 369 g/mol. The predicted molar refractivity (Wildman–Crippen MR) is 102 cm³/mol. The summed E-state index contributed by atoms with van der Waals surface area (Å²) in [6.07, 6.45) is 7.27. The van der Waals surface area contributed by atoms with Crippen LogP contribution in [-0.2, 0) is 21.7 Å². The summed E-state index contributed by atoms with van der Waals surface area (Å²) < 4.78 is 23.3. The number of hydrogen-bond donors (Lipinski definition) is 0. The van der Waals surface area contributed by atoms with Gasteiger partial charge in [0.1, 0.15) is 17.6 Å². The average Bonchev–Trinajstić information content (AvgIpc) is 3.01. The summed E-state index contributed by atoms with van der Waals surface area (Å²) in [6, 6.07) is -0.217. The fraction of sp³-hybridized carbons (Fsp3) is 0.353. The van der Waals surface area contributed by atoms with Crippen LogP contribution in [0.5, 0.6) is 5.75 Å². The van der Waals surface area contributed by atoms with Crippen molar-refractivity contribution in [2.45, 2.75) is 25.6 Å². The fourth-order valence-corrected chi connectivity index (χ4v) is 3.79. The number of methoxy groups -OCH3 is 2. The number of aryl methyl sites for hydroxylation is 1. The van der Waals surface area contributed by atoms with Gasteiger partial charge in [0.15, 0.2) is 5.75 Å². The van der Waals surface area contributed by atoms with Crippen molar-refractivity contribution < 1.29 is 14.0 Å². The molecule has 1 aromatic rings. The van der Waals surface area contributed by atoms with Crippen molar-refractivity contribution in [1.82, 2.24) is 4.98 Å². The van der Waals surface area contributed by atoms with Crippen molar-refractivity contribution in [3.8, 4) is 5.75 Å². The summed E-state index contributed by atoms with van der Waals surface area (Å²) in [5.74, 6) is 1.77. The first-order valence-corrected chi connectivity index (χ1v) is 8.83. The van der Waals surface area contributed by atoms with Gasteiger partial charge in [0.05, 0.1) is 25.6 Å². The second-order valence-corrected chi connectivity index (χ2v) is 6.88. The van der Waals surface area contributed by atoms with Gasteiger partial charge in [-0.15, -0.1) is 0 Å². The Labute approximate surface area is 172 Å². The summed E-state index contributed by atoms with van der Waals surface area (Å²) in [5.41, 5.74) is 3.37. The van der Waals surface area contributed by atoms with Crippen LogP contribution in [0.25, 0.3) is 0 Å². The topological polar surface area (TPSA) is 79.1 Å². The van der Waals surface area contributed by atoms with Gasteiger partial charge in [-0.05, 0) is 32.1 Å². The minimum atomic E-state index is -1.36. The zero-order chi connectivity index (χ0) is 17.3. The number of pyridine rings is 1. The van der Waals surface area contributed by atoms with Gasteiger partial charge in [-0.3, -0.25) is 4.98 Å². The second kappa shape index (κ2) is 8.51. The molecule has 0 radical (unpaired) electrons. The van der Waals surface area contributed by atoms with Crippen molar-refractivity contribution in [3.63, 3.8) is 0 Å². The van der Waals surface area contributed by atoms with Crippen LogP contribution in [0, 0.1) is 13.8 Å². The van der Waals surface area contributed by atoms with Gasteiger partial charge in [-0.1, -0.05) is 0 Å². The second-order valence-electron chi connectivity index (χ2n) is 5.54. The third-order valence-corrected chi connectivity index (χ3v) is 5.11. The molecule has 6 nitrogen and oxygen atoms in total. The Kier molecular flexibility index (Phi) is 6.87. The van der Waals surface area contributed by atoms with Crippen LogP contribution in [0.4, 0.5) is 0 Å². The van der Waals surface area contributed by atoms with E-state index in [1.54, 1.807) is 20.4 Å². The summed E-state index contributed by atoms with van der Waals surface area (Å²) in [7, 11) is 3.23. The van der Waals surface area contributed by atoms with Crippen molar-refractivity contribution in [2.24, 2.45) is 9.98 Å². The third kappa shape index (κ3) is 4.17. The molecule has 0 spiro atoms. The van der Waals surface area contributed by atoms with Crippen molar-refractivity contribution >= 4 is 51.6 Å². The number of aromatic nitrogens is 1. The van der Waals surface area contributed by atoms with Crippen LogP contribution < -0.4 is 4.74 Å². The van der Waals surface area contributed by atoms with E-state index in [0.29, 0.717) is 5.17 Å². The Hall–Kier alpha value is -1.12. The number of hydrogen-bond acceptors (Lipinski definition) is 6. The van der Waals surface area contributed by atoms with E-state index in [1.165, 1.54) is 0 Å². The molecule has 0 saturated heterocycles. The Morgan fingerprint density at radius 1 is 1.20 bits per heavy atom. The molecule has 0 aromatic carbocycles. The first-order valence-electron chi connectivity index (χ1n) is 7.51. The molecule has 128 valence electrons. The monoisotopic (exact) mass is 369 g/mol. The molecule has 0 saturated carbocycles. The van der Waals surface area contributed by atoms with Gasteiger partial charge >= 0.3 is 34.7 Å². The van der Waals surface area contributed by atoms with E-state index in [-0.39, 0.29) is 41.4 Å². The maximum absolute atomic E-state index is 12.7. The molecule has 25 heavy (non-hydrogen) atoms. The molecular weight excluding hydrogens is 349 g/mol. The number of nitrogens with zero attached hydrogens (tertiary/aromatic N) is 3. The van der Waals surface area contributed by atoms with Crippen LogP contribution in [0.1, 0.15) is 16.8 Å². The zero-order valence-electron chi connectivity index (χ0n) is 14.1. The Morgan fingerprint density at radius 2 is 1.96 bits per heavy atom. The number of aliphatic imine (C=N–C) groups is 2. The molecule has 1 aliphatic heterocycles. The molecule has 2 atom stereocenters. The Balaban J connectivity index is 0.00000225. The van der Waals surface area contributed by atoms with Crippen LogP contribution in [-0.4, -0.2) is 70.2 Å². The van der Waals surface area contributed by atoms with Crippen LogP contribution >= 0.6 is 0 Å². The van der Waals surface area contributed by atoms with Crippen LogP contribution in [0.2, 0.25) is 0 Å². The van der Waals surface area contributed by atoms with Gasteiger partial charge < -0.3 is 14.0 Å². The van der Waals surface area contributed by atoms with E-state index >= 15 is 0 Å². The summed E-state index contributed by atoms with van der Waals surface area (Å²) in [6.45, 7) is 3.85. The number of allylic oxidation sites excluding steroid dienone is 1. The molecule has 8 heteroatoms. The first kappa shape index (κ1) is 20.2. The molecular formula is C17H20N3NaO3S. The fourth-order valence-electron chi connectivity index (χ4n) is 2.68. The molecule has 2 heterocycles. The maximum atomic E-state index is 12.7. The van der Waals surface area contributed by atoms with Gasteiger partial charge in [0.25, 0.3) is 0 Å². The van der Waals surface area contributed by atoms with Gasteiger partial charge in [-0.2, -0.15) is 4.99 Å². The Bertz CT molecular complexity index is 790. The molecule has 3 rings (SSSR count). The van der Waals surface area contributed by atoms with E-state index in [4.69, 9.17) is 9.47 Å². The summed E-state index contributed by atoms with van der Waals surface area (Å²) in [5, 5.41) is 0.342. The minimum absolute atomic E-state index is 0. The van der Waals surface area contributed by atoms with Gasteiger partial charge in [0.2, 0.25) is 0 Å². The molecule has 0 amide bonds. The van der Waals surface area contributed by atoms with Gasteiger partial charge in [0, 0.05) is 28.5 Å². The summed E-state index contributed by atoms with van der Waals surface area (Å²) in [4.78, 5) is 13.2. The predicted octanol–water partition coefficient (Wildman–Crippen LogP) is 1.59. The molecule has 1 aliphatic carbocycles. The molecule has 0 N–H and O–H groups in total. The van der Waals surface area contributed by atoms with Gasteiger partial charge in [-0.25, -0.2) is 4.99 Å². The van der Waals surface area contributed by atoms with E-state index < -0.39 is 11.2 Å². The third-order valence-electron chi connectivity index (χ3n) is 3.97. The number of fused-ring (bicyclic) bond motifs is 1. The zero-order valence-corrected chi connectivity index (χ0v) is 14.9. The molecule has 2 aliphatic rings. The van der Waals surface area contributed by atoms with Crippen molar-refractivity contribution in [1.29, 1.82) is 0 Å². The van der Waals surface area contributed by atoms with E-state index in [0.717, 1.165) is 34.0 Å². The number of amidine groups is 1. The number of ether oxygens (including phenoxy) is 2. The molecule has 1 aromatic heterocycles.